The normalized spacial score (nSPS) is 38.5. The molecule has 34 heavy (non-hydrogen) atoms. The maximum Gasteiger partial charge on any atom is 0.328 e. The highest BCUT2D eigenvalue weighted by Crippen LogP contribution is 2.71. The fraction of sp³-hybridized carbons (Fsp3) is 0.692. The predicted octanol–water partition coefficient (Wildman–Crippen LogP) is 2.36. The zero-order valence-corrected chi connectivity index (χ0v) is 20.5. The van der Waals surface area contributed by atoms with E-state index in [9.17, 15) is 19.2 Å². The minimum atomic E-state index is -0.946. The summed E-state index contributed by atoms with van der Waals surface area (Å²) in [5, 5.41) is 2.63. The largest absolute Gasteiger partial charge is 0.467 e. The smallest absolute Gasteiger partial charge is 0.328 e. The summed E-state index contributed by atoms with van der Waals surface area (Å²) in [6, 6.07) is -0.946. The van der Waals surface area contributed by atoms with E-state index in [1.54, 1.807) is 13.0 Å². The summed E-state index contributed by atoms with van der Waals surface area (Å²) in [4.78, 5) is 48.9. The number of carbonyl (C=O) groups is 4. The second kappa shape index (κ2) is 8.63. The molecule has 2 aliphatic heterocycles. The number of rotatable bonds is 9. The number of esters is 1. The Kier molecular flexibility index (Phi) is 6.25. The van der Waals surface area contributed by atoms with Crippen LogP contribution in [0.2, 0.25) is 0 Å². The minimum absolute atomic E-state index is 0.0353. The van der Waals surface area contributed by atoms with Gasteiger partial charge in [0.15, 0.2) is 5.78 Å². The highest BCUT2D eigenvalue weighted by Gasteiger charge is 2.71. The zero-order chi connectivity index (χ0) is 24.9. The van der Waals surface area contributed by atoms with Crippen LogP contribution in [0.4, 0.5) is 0 Å². The van der Waals surface area contributed by atoms with Crippen LogP contribution in [0.15, 0.2) is 23.8 Å². The summed E-state index contributed by atoms with van der Waals surface area (Å²) in [6.45, 7) is 5.95. The molecule has 7 atom stereocenters. The zero-order valence-electron chi connectivity index (χ0n) is 20.5. The van der Waals surface area contributed by atoms with E-state index in [-0.39, 0.29) is 41.7 Å². The molecular formula is C26H36N2O6. The van der Waals surface area contributed by atoms with Crippen molar-refractivity contribution in [2.24, 2.45) is 28.4 Å². The lowest BCUT2D eigenvalue weighted by Crippen LogP contribution is -2.56. The van der Waals surface area contributed by atoms with Crippen molar-refractivity contribution >= 4 is 23.6 Å². The number of nitrogens with two attached hydrogens (primary N) is 1. The Morgan fingerprint density at radius 2 is 2.09 bits per heavy atom. The van der Waals surface area contributed by atoms with Crippen molar-refractivity contribution in [1.29, 1.82) is 0 Å². The van der Waals surface area contributed by atoms with Crippen LogP contribution >= 0.6 is 0 Å². The Morgan fingerprint density at radius 1 is 1.35 bits per heavy atom. The molecule has 2 heterocycles. The van der Waals surface area contributed by atoms with E-state index in [2.05, 4.69) is 25.2 Å². The number of carbonyl (C=O) groups excluding carboxylic acids is 4. The van der Waals surface area contributed by atoms with Gasteiger partial charge in [0, 0.05) is 23.3 Å². The van der Waals surface area contributed by atoms with E-state index in [0.29, 0.717) is 24.3 Å². The first-order valence-corrected chi connectivity index (χ1v) is 12.2. The first kappa shape index (κ1) is 24.6. The van der Waals surface area contributed by atoms with Crippen LogP contribution in [0, 0.1) is 22.7 Å². The summed E-state index contributed by atoms with van der Waals surface area (Å²) < 4.78 is 11.2. The van der Waals surface area contributed by atoms with E-state index >= 15 is 0 Å². The summed E-state index contributed by atoms with van der Waals surface area (Å²) >= 11 is 0. The maximum absolute atomic E-state index is 13.1. The molecule has 4 fully saturated rings. The van der Waals surface area contributed by atoms with E-state index in [0.717, 1.165) is 19.3 Å². The summed E-state index contributed by atoms with van der Waals surface area (Å²) in [7, 11) is 1.23. The molecule has 3 aliphatic carbocycles. The van der Waals surface area contributed by atoms with Gasteiger partial charge in [-0.25, -0.2) is 4.79 Å². The van der Waals surface area contributed by atoms with Gasteiger partial charge in [0.2, 0.25) is 11.8 Å². The molecule has 3 N–H and O–H groups in total. The van der Waals surface area contributed by atoms with Gasteiger partial charge in [-0.2, -0.15) is 0 Å². The average Bonchev–Trinajstić information content (AvgIpc) is 3.14. The molecule has 0 aromatic heterocycles. The monoisotopic (exact) mass is 472 g/mol. The molecule has 0 aromatic carbocycles. The third-order valence-electron chi connectivity index (χ3n) is 8.86. The molecule has 186 valence electrons. The lowest BCUT2D eigenvalue weighted by molar-refractivity contribution is -0.168. The van der Waals surface area contributed by atoms with Crippen molar-refractivity contribution in [2.45, 2.75) is 83.5 Å². The van der Waals surface area contributed by atoms with Gasteiger partial charge < -0.3 is 20.5 Å². The highest BCUT2D eigenvalue weighted by molar-refractivity contribution is 5.97. The summed E-state index contributed by atoms with van der Waals surface area (Å²) in [5.41, 5.74) is 5.04. The van der Waals surface area contributed by atoms with Gasteiger partial charge in [-0.15, -0.1) is 0 Å². The van der Waals surface area contributed by atoms with Crippen LogP contribution in [0.3, 0.4) is 0 Å². The Morgan fingerprint density at radius 3 is 2.74 bits per heavy atom. The van der Waals surface area contributed by atoms with Crippen LogP contribution in [-0.4, -0.2) is 48.4 Å². The van der Waals surface area contributed by atoms with Gasteiger partial charge in [-0.3, -0.25) is 14.4 Å². The number of allylic oxidation sites excluding steroid dienone is 3. The topological polar surface area (TPSA) is 125 Å². The highest BCUT2D eigenvalue weighted by atomic mass is 16.5. The second-order valence-electron chi connectivity index (χ2n) is 11.1. The van der Waals surface area contributed by atoms with Crippen molar-refractivity contribution in [1.82, 2.24) is 5.32 Å². The SMILES string of the molecule is COC(=O)[C@H](CCC(N)=O)NC(=O)/C(C)=C/CC[C@]1(C)C(=O)C=CC23CC4CC(OC4(C)C2)C31. The van der Waals surface area contributed by atoms with Crippen molar-refractivity contribution in [3.63, 3.8) is 0 Å². The van der Waals surface area contributed by atoms with Gasteiger partial charge in [0.1, 0.15) is 6.04 Å². The van der Waals surface area contributed by atoms with E-state index in [1.165, 1.54) is 7.11 Å². The lowest BCUT2D eigenvalue weighted by Gasteiger charge is -2.55. The first-order valence-electron chi connectivity index (χ1n) is 12.2. The molecule has 8 nitrogen and oxygen atoms in total. The molecular weight excluding hydrogens is 436 g/mol. The maximum atomic E-state index is 13.1. The van der Waals surface area contributed by atoms with Gasteiger partial charge in [-0.1, -0.05) is 19.1 Å². The number of nitrogens with one attached hydrogen (secondary N) is 1. The Hall–Kier alpha value is -2.48. The fourth-order valence-corrected chi connectivity index (χ4v) is 7.27. The van der Waals surface area contributed by atoms with Crippen molar-refractivity contribution < 1.29 is 28.7 Å². The molecule has 5 rings (SSSR count). The quantitative estimate of drug-likeness (QED) is 0.392. The summed E-state index contributed by atoms with van der Waals surface area (Å²) in [6.07, 6.45) is 10.2. The Balaban J connectivity index is 1.42. The molecule has 2 amide bonds. The molecule has 5 aliphatic rings. The van der Waals surface area contributed by atoms with Crippen LogP contribution in [0.25, 0.3) is 0 Å². The minimum Gasteiger partial charge on any atom is -0.467 e. The van der Waals surface area contributed by atoms with Crippen molar-refractivity contribution in [2.75, 3.05) is 7.11 Å². The third-order valence-corrected chi connectivity index (χ3v) is 8.86. The number of hydrogen-bond acceptors (Lipinski definition) is 6. The van der Waals surface area contributed by atoms with E-state index in [1.807, 2.05) is 6.08 Å². The first-order chi connectivity index (χ1) is 15.9. The number of amides is 2. The number of primary amides is 1. The number of methoxy groups -OCH3 is 1. The molecule has 0 radical (unpaired) electrons. The molecule has 4 bridgehead atoms. The summed E-state index contributed by atoms with van der Waals surface area (Å²) in [5.74, 6) is -0.730. The van der Waals surface area contributed by atoms with E-state index in [4.69, 9.17) is 15.2 Å². The van der Waals surface area contributed by atoms with Crippen molar-refractivity contribution in [3.05, 3.63) is 23.8 Å². The number of hydrogen-bond donors (Lipinski definition) is 2. The second-order valence-corrected chi connectivity index (χ2v) is 11.1. The number of ether oxygens (including phenoxy) is 2. The standard InChI is InChI=1S/C26H36N2O6/c1-15(22(31)28-17(23(32)33-4)7-8-20(27)30)6-5-10-24(2)19(29)9-11-26-13-16-12-18(21(24)26)34-25(16,3)14-26/h6,9,11,16-18,21H,5,7-8,10,12-14H2,1-4H3,(H2,27,30)(H,28,31)/b15-6+/t16?,17-,18?,21?,24+,25?,26?/m0/s1. The number of ketones is 1. The van der Waals surface area contributed by atoms with Crippen LogP contribution < -0.4 is 11.1 Å². The van der Waals surface area contributed by atoms with Crippen LogP contribution in [0.5, 0.6) is 0 Å². The van der Waals surface area contributed by atoms with Crippen LogP contribution in [-0.2, 0) is 28.7 Å². The van der Waals surface area contributed by atoms with E-state index < -0.39 is 29.2 Å². The predicted molar refractivity (Wildman–Crippen MR) is 124 cm³/mol. The van der Waals surface area contributed by atoms with Gasteiger partial charge >= 0.3 is 5.97 Å². The van der Waals surface area contributed by atoms with Gasteiger partial charge in [0.05, 0.1) is 18.8 Å². The average molecular weight is 473 g/mol. The molecule has 0 aromatic rings. The lowest BCUT2D eigenvalue weighted by atomic mass is 9.51. The third kappa shape index (κ3) is 4.00. The van der Waals surface area contributed by atoms with Gasteiger partial charge in [-0.05, 0) is 69.8 Å². The molecule has 2 saturated carbocycles. The molecule has 5 unspecified atom stereocenters. The van der Waals surface area contributed by atoms with Crippen molar-refractivity contribution in [3.8, 4) is 0 Å². The molecule has 8 heteroatoms. The molecule has 1 spiro atoms. The Labute approximate surface area is 200 Å². The van der Waals surface area contributed by atoms with Gasteiger partial charge in [0.25, 0.3) is 0 Å². The molecule has 2 saturated heterocycles. The Bertz CT molecular complexity index is 972. The van der Waals surface area contributed by atoms with Crippen LogP contribution in [0.1, 0.15) is 65.7 Å². The fourth-order valence-electron chi connectivity index (χ4n) is 7.27.